The molecule has 7 heteroatoms. The molecule has 2 aliphatic heterocycles. The van der Waals surface area contributed by atoms with Crippen LogP contribution in [-0.4, -0.2) is 54.3 Å². The van der Waals surface area contributed by atoms with Gasteiger partial charge in [0.05, 0.1) is 18.2 Å². The molecule has 1 saturated heterocycles. The maximum absolute atomic E-state index is 14.2. The SMILES string of the molecule is COc1ccc2c(c1)Oc1cc(C)ccc1N=C2N1CCN(C(=O)c2ccccc2F)C(C)C1. The van der Waals surface area contributed by atoms with Gasteiger partial charge in [-0.25, -0.2) is 9.38 Å². The zero-order chi connectivity index (χ0) is 23.8. The van der Waals surface area contributed by atoms with Gasteiger partial charge in [0, 0.05) is 31.7 Å². The van der Waals surface area contributed by atoms with Crippen LogP contribution in [0.15, 0.2) is 65.7 Å². The lowest BCUT2D eigenvalue weighted by molar-refractivity contribution is 0.0576. The Balaban J connectivity index is 1.48. The summed E-state index contributed by atoms with van der Waals surface area (Å²) in [5.41, 5.74) is 2.78. The second-order valence-corrected chi connectivity index (χ2v) is 8.64. The van der Waals surface area contributed by atoms with Gasteiger partial charge in [-0.15, -0.1) is 0 Å². The lowest BCUT2D eigenvalue weighted by Gasteiger charge is -2.41. The van der Waals surface area contributed by atoms with Gasteiger partial charge in [-0.3, -0.25) is 4.79 Å². The number of amidine groups is 1. The number of hydrogen-bond acceptors (Lipinski definition) is 5. The summed E-state index contributed by atoms with van der Waals surface area (Å²) >= 11 is 0. The van der Waals surface area contributed by atoms with Crippen LogP contribution in [0.5, 0.6) is 17.2 Å². The number of rotatable bonds is 2. The molecule has 2 aliphatic rings. The molecule has 0 aromatic heterocycles. The van der Waals surface area contributed by atoms with Crippen molar-refractivity contribution in [2.24, 2.45) is 4.99 Å². The highest BCUT2D eigenvalue weighted by molar-refractivity contribution is 6.04. The third kappa shape index (κ3) is 3.98. The Kier molecular flexibility index (Phi) is 5.69. The first-order chi connectivity index (χ1) is 16.4. The zero-order valence-electron chi connectivity index (χ0n) is 19.4. The van der Waals surface area contributed by atoms with E-state index in [1.54, 1.807) is 24.1 Å². The monoisotopic (exact) mass is 459 g/mol. The molecule has 1 atom stereocenters. The fourth-order valence-corrected chi connectivity index (χ4v) is 4.47. The maximum Gasteiger partial charge on any atom is 0.257 e. The van der Waals surface area contributed by atoms with Crippen molar-refractivity contribution < 1.29 is 18.7 Å². The minimum Gasteiger partial charge on any atom is -0.497 e. The van der Waals surface area contributed by atoms with E-state index < -0.39 is 5.82 Å². The molecule has 0 spiro atoms. The van der Waals surface area contributed by atoms with Gasteiger partial charge >= 0.3 is 0 Å². The summed E-state index contributed by atoms with van der Waals surface area (Å²) in [5, 5.41) is 0. The lowest BCUT2D eigenvalue weighted by atomic mass is 10.1. The Morgan fingerprint density at radius 2 is 1.91 bits per heavy atom. The van der Waals surface area contributed by atoms with Gasteiger partial charge in [0.2, 0.25) is 0 Å². The average molecular weight is 460 g/mol. The number of hydrogen-bond donors (Lipinski definition) is 0. The molecule has 1 unspecified atom stereocenters. The molecule has 5 rings (SSSR count). The number of fused-ring (bicyclic) bond motifs is 2. The summed E-state index contributed by atoms with van der Waals surface area (Å²) in [7, 11) is 1.62. The van der Waals surface area contributed by atoms with Crippen LogP contribution >= 0.6 is 0 Å². The molecule has 1 fully saturated rings. The summed E-state index contributed by atoms with van der Waals surface area (Å²) in [6.45, 7) is 5.58. The summed E-state index contributed by atoms with van der Waals surface area (Å²) < 4.78 is 25.9. The number of methoxy groups -OCH3 is 1. The molecule has 1 amide bonds. The van der Waals surface area contributed by atoms with Crippen molar-refractivity contribution in [1.29, 1.82) is 0 Å². The molecule has 174 valence electrons. The molecule has 0 bridgehead atoms. The first-order valence-electron chi connectivity index (χ1n) is 11.3. The van der Waals surface area contributed by atoms with Crippen molar-refractivity contribution in [2.45, 2.75) is 19.9 Å². The molecule has 3 aromatic rings. The quantitative estimate of drug-likeness (QED) is 0.530. The predicted octanol–water partition coefficient (Wildman–Crippen LogP) is 5.17. The summed E-state index contributed by atoms with van der Waals surface area (Å²) in [6.07, 6.45) is 0. The molecule has 0 N–H and O–H groups in total. The van der Waals surface area contributed by atoms with E-state index in [9.17, 15) is 9.18 Å². The first-order valence-corrected chi connectivity index (χ1v) is 11.3. The molecule has 0 radical (unpaired) electrons. The van der Waals surface area contributed by atoms with Crippen LogP contribution in [0.2, 0.25) is 0 Å². The summed E-state index contributed by atoms with van der Waals surface area (Å²) in [5.74, 6) is 2.04. The van der Waals surface area contributed by atoms with Crippen LogP contribution in [0.25, 0.3) is 0 Å². The van der Waals surface area contributed by atoms with E-state index in [-0.39, 0.29) is 17.5 Å². The molecule has 6 nitrogen and oxygen atoms in total. The summed E-state index contributed by atoms with van der Waals surface area (Å²) in [4.78, 5) is 21.9. The van der Waals surface area contributed by atoms with Crippen LogP contribution in [-0.2, 0) is 0 Å². The van der Waals surface area contributed by atoms with Gasteiger partial charge in [0.1, 0.15) is 28.8 Å². The fraction of sp³-hybridized carbons (Fsp3) is 0.259. The Morgan fingerprint density at radius 3 is 2.68 bits per heavy atom. The Bertz CT molecular complexity index is 1290. The highest BCUT2D eigenvalue weighted by atomic mass is 19.1. The fourth-order valence-electron chi connectivity index (χ4n) is 4.47. The maximum atomic E-state index is 14.2. The summed E-state index contributed by atoms with van der Waals surface area (Å²) in [6, 6.07) is 17.6. The highest BCUT2D eigenvalue weighted by Crippen LogP contribution is 2.40. The number of halogens is 1. The van der Waals surface area contributed by atoms with Gasteiger partial charge in [0.15, 0.2) is 5.75 Å². The van der Waals surface area contributed by atoms with Crippen molar-refractivity contribution >= 4 is 17.4 Å². The molecule has 3 aromatic carbocycles. The van der Waals surface area contributed by atoms with Crippen molar-refractivity contribution in [3.05, 3.63) is 83.2 Å². The van der Waals surface area contributed by atoms with Crippen LogP contribution in [0.3, 0.4) is 0 Å². The molecule has 2 heterocycles. The van der Waals surface area contributed by atoms with Gasteiger partial charge < -0.3 is 19.3 Å². The van der Waals surface area contributed by atoms with Crippen molar-refractivity contribution in [3.63, 3.8) is 0 Å². The second-order valence-electron chi connectivity index (χ2n) is 8.64. The number of carbonyl (C=O) groups is 1. The third-order valence-electron chi connectivity index (χ3n) is 6.28. The number of aryl methyl sites for hydroxylation is 1. The minimum atomic E-state index is -0.498. The standard InChI is InChI=1S/C27H26FN3O3/c1-17-8-11-23-25(14-17)34-24-15-19(33-3)9-10-21(24)26(29-23)30-12-13-31(18(2)16-30)27(32)20-6-4-5-7-22(20)28/h4-11,14-15,18H,12-13,16H2,1-3H3. The van der Waals surface area contributed by atoms with Crippen molar-refractivity contribution in [2.75, 3.05) is 26.7 Å². The van der Waals surface area contributed by atoms with Gasteiger partial charge in [-0.05, 0) is 55.8 Å². The van der Waals surface area contributed by atoms with E-state index in [0.717, 1.165) is 22.6 Å². The van der Waals surface area contributed by atoms with Crippen LogP contribution in [0, 0.1) is 12.7 Å². The number of amides is 1. The largest absolute Gasteiger partial charge is 0.497 e. The first kappa shape index (κ1) is 21.9. The van der Waals surface area contributed by atoms with Gasteiger partial charge in [-0.1, -0.05) is 18.2 Å². The van der Waals surface area contributed by atoms with Crippen molar-refractivity contribution in [3.8, 4) is 17.2 Å². The Morgan fingerprint density at radius 1 is 1.09 bits per heavy atom. The third-order valence-corrected chi connectivity index (χ3v) is 6.28. The normalized spacial score (nSPS) is 17.2. The second kappa shape index (κ2) is 8.82. The number of ether oxygens (including phenoxy) is 2. The highest BCUT2D eigenvalue weighted by Gasteiger charge is 2.32. The predicted molar refractivity (Wildman–Crippen MR) is 129 cm³/mol. The molecular weight excluding hydrogens is 433 g/mol. The van der Waals surface area contributed by atoms with Crippen molar-refractivity contribution in [1.82, 2.24) is 9.80 Å². The van der Waals surface area contributed by atoms with E-state index in [1.807, 2.05) is 50.2 Å². The van der Waals surface area contributed by atoms with E-state index in [2.05, 4.69) is 4.90 Å². The minimum absolute atomic E-state index is 0.102. The lowest BCUT2D eigenvalue weighted by Crippen LogP contribution is -2.55. The smallest absolute Gasteiger partial charge is 0.257 e. The number of nitrogens with zero attached hydrogens (tertiary/aromatic N) is 3. The van der Waals surface area contributed by atoms with E-state index >= 15 is 0 Å². The Labute approximate surface area is 198 Å². The number of piperazine rings is 1. The number of benzene rings is 3. The molecular formula is C27H26FN3O3. The molecule has 0 saturated carbocycles. The zero-order valence-corrected chi connectivity index (χ0v) is 19.4. The van der Waals surface area contributed by atoms with Gasteiger partial charge in [-0.2, -0.15) is 0 Å². The average Bonchev–Trinajstić information content (AvgIpc) is 2.99. The molecule has 34 heavy (non-hydrogen) atoms. The van der Waals surface area contributed by atoms with Crippen LogP contribution in [0.1, 0.15) is 28.4 Å². The van der Waals surface area contributed by atoms with E-state index in [0.29, 0.717) is 36.9 Å². The number of aliphatic imine (C=N–C) groups is 1. The van der Waals surface area contributed by atoms with Crippen LogP contribution < -0.4 is 9.47 Å². The molecule has 0 aliphatic carbocycles. The van der Waals surface area contributed by atoms with E-state index in [4.69, 9.17) is 14.5 Å². The topological polar surface area (TPSA) is 54.4 Å². The van der Waals surface area contributed by atoms with Gasteiger partial charge in [0.25, 0.3) is 5.91 Å². The number of carbonyl (C=O) groups excluding carboxylic acids is 1. The van der Waals surface area contributed by atoms with Crippen LogP contribution in [0.4, 0.5) is 10.1 Å². The Hall–Kier alpha value is -3.87. The van der Waals surface area contributed by atoms with E-state index in [1.165, 1.54) is 12.1 Å².